The van der Waals surface area contributed by atoms with Gasteiger partial charge in [-0.15, -0.1) is 0 Å². The van der Waals surface area contributed by atoms with E-state index in [0.717, 1.165) is 11.0 Å². The van der Waals surface area contributed by atoms with Gasteiger partial charge in [0, 0.05) is 23.0 Å². The second-order valence-corrected chi connectivity index (χ2v) is 5.34. The van der Waals surface area contributed by atoms with E-state index in [1.165, 1.54) is 24.4 Å². The number of hydrogen-bond acceptors (Lipinski definition) is 4. The normalized spacial score (nSPS) is 17.5. The van der Waals surface area contributed by atoms with E-state index in [2.05, 4.69) is 35.4 Å². The maximum absolute atomic E-state index is 4.46. The van der Waals surface area contributed by atoms with Gasteiger partial charge in [-0.25, -0.2) is 4.98 Å². The fourth-order valence-electron chi connectivity index (χ4n) is 0.989. The standard InChI is InChI=1S/C9H15N3S/c1-9(2,3)7-11-8(13-12-7)10-6-4-5-6/h6H,4-5H2,1-3H3,(H,10,11,12). The number of rotatable bonds is 2. The van der Waals surface area contributed by atoms with Crippen molar-refractivity contribution in [3.05, 3.63) is 5.82 Å². The summed E-state index contributed by atoms with van der Waals surface area (Å²) in [6, 6.07) is 0.667. The van der Waals surface area contributed by atoms with Gasteiger partial charge in [-0.2, -0.15) is 4.37 Å². The fraction of sp³-hybridized carbons (Fsp3) is 0.778. The Bertz CT molecular complexity index is 296. The van der Waals surface area contributed by atoms with Crippen LogP contribution in [0.1, 0.15) is 39.4 Å². The van der Waals surface area contributed by atoms with Gasteiger partial charge in [-0.1, -0.05) is 20.8 Å². The quantitative estimate of drug-likeness (QED) is 0.791. The number of nitrogens with one attached hydrogen (secondary N) is 1. The Labute approximate surface area is 82.8 Å². The predicted molar refractivity (Wildman–Crippen MR) is 55.3 cm³/mol. The van der Waals surface area contributed by atoms with Gasteiger partial charge >= 0.3 is 0 Å². The minimum absolute atomic E-state index is 0.0694. The molecule has 4 heteroatoms. The molecule has 1 heterocycles. The Kier molecular flexibility index (Phi) is 2.02. The van der Waals surface area contributed by atoms with E-state index in [-0.39, 0.29) is 5.41 Å². The lowest BCUT2D eigenvalue weighted by Crippen LogP contribution is -2.13. The van der Waals surface area contributed by atoms with Gasteiger partial charge in [0.2, 0.25) is 5.13 Å². The molecule has 1 saturated carbocycles. The molecule has 0 saturated heterocycles. The third kappa shape index (κ3) is 2.18. The highest BCUT2D eigenvalue weighted by Gasteiger charge is 2.24. The van der Waals surface area contributed by atoms with E-state index in [0.29, 0.717) is 6.04 Å². The van der Waals surface area contributed by atoms with Gasteiger partial charge < -0.3 is 5.32 Å². The van der Waals surface area contributed by atoms with E-state index in [1.54, 1.807) is 0 Å². The first-order chi connectivity index (χ1) is 6.05. The van der Waals surface area contributed by atoms with Crippen LogP contribution in [0.15, 0.2) is 0 Å². The van der Waals surface area contributed by atoms with Crippen LogP contribution in [0.2, 0.25) is 0 Å². The summed E-state index contributed by atoms with van der Waals surface area (Å²) in [6.45, 7) is 6.40. The van der Waals surface area contributed by atoms with Crippen LogP contribution >= 0.6 is 11.5 Å². The summed E-state index contributed by atoms with van der Waals surface area (Å²) >= 11 is 1.47. The van der Waals surface area contributed by atoms with Crippen LogP contribution in [-0.2, 0) is 5.41 Å². The molecule has 0 spiro atoms. The molecule has 1 fully saturated rings. The number of nitrogens with zero attached hydrogens (tertiary/aromatic N) is 2. The topological polar surface area (TPSA) is 37.8 Å². The molecule has 0 unspecified atom stereocenters. The maximum atomic E-state index is 4.46. The van der Waals surface area contributed by atoms with Crippen LogP contribution in [0.3, 0.4) is 0 Å². The first-order valence-corrected chi connectivity index (χ1v) is 5.44. The summed E-state index contributed by atoms with van der Waals surface area (Å²) < 4.78 is 4.34. The zero-order chi connectivity index (χ0) is 9.47. The molecule has 1 N–H and O–H groups in total. The molecule has 0 bridgehead atoms. The monoisotopic (exact) mass is 197 g/mol. The minimum Gasteiger partial charge on any atom is -0.358 e. The Morgan fingerprint density at radius 1 is 1.38 bits per heavy atom. The zero-order valence-electron chi connectivity index (χ0n) is 8.29. The molecule has 1 aliphatic carbocycles. The second kappa shape index (κ2) is 2.94. The molecule has 0 atom stereocenters. The van der Waals surface area contributed by atoms with Gasteiger partial charge in [0.1, 0.15) is 5.82 Å². The van der Waals surface area contributed by atoms with Crippen molar-refractivity contribution in [2.45, 2.75) is 45.1 Å². The molecule has 1 aromatic rings. The van der Waals surface area contributed by atoms with Crippen LogP contribution in [-0.4, -0.2) is 15.4 Å². The lowest BCUT2D eigenvalue weighted by atomic mass is 9.96. The highest BCUT2D eigenvalue weighted by Crippen LogP contribution is 2.28. The fourth-order valence-corrected chi connectivity index (χ4v) is 1.82. The molecule has 1 aromatic heterocycles. The SMILES string of the molecule is CC(C)(C)c1nsc(NC2CC2)n1. The van der Waals surface area contributed by atoms with Crippen molar-refractivity contribution in [1.82, 2.24) is 9.36 Å². The van der Waals surface area contributed by atoms with E-state index < -0.39 is 0 Å². The Hall–Kier alpha value is -0.640. The van der Waals surface area contributed by atoms with Crippen molar-refractivity contribution < 1.29 is 0 Å². The summed E-state index contributed by atoms with van der Waals surface area (Å²) in [7, 11) is 0. The summed E-state index contributed by atoms with van der Waals surface area (Å²) in [6.07, 6.45) is 2.56. The van der Waals surface area contributed by atoms with Crippen molar-refractivity contribution in [2.24, 2.45) is 0 Å². The van der Waals surface area contributed by atoms with Crippen molar-refractivity contribution in [1.29, 1.82) is 0 Å². The van der Waals surface area contributed by atoms with Crippen LogP contribution in [0, 0.1) is 0 Å². The zero-order valence-corrected chi connectivity index (χ0v) is 9.11. The minimum atomic E-state index is 0.0694. The molecular formula is C9H15N3S. The van der Waals surface area contributed by atoms with Gasteiger partial charge in [0.05, 0.1) is 0 Å². The molecule has 0 aliphatic heterocycles. The van der Waals surface area contributed by atoms with Crippen LogP contribution < -0.4 is 5.32 Å². The van der Waals surface area contributed by atoms with E-state index in [4.69, 9.17) is 0 Å². The van der Waals surface area contributed by atoms with Crippen molar-refractivity contribution >= 4 is 16.7 Å². The number of aromatic nitrogens is 2. The molecule has 0 aromatic carbocycles. The van der Waals surface area contributed by atoms with Crippen molar-refractivity contribution in [2.75, 3.05) is 5.32 Å². The van der Waals surface area contributed by atoms with Crippen molar-refractivity contribution in [3.63, 3.8) is 0 Å². The lowest BCUT2D eigenvalue weighted by Gasteiger charge is -2.12. The molecule has 72 valence electrons. The summed E-state index contributed by atoms with van der Waals surface area (Å²) in [5, 5.41) is 4.33. The van der Waals surface area contributed by atoms with Gasteiger partial charge in [0.25, 0.3) is 0 Å². The summed E-state index contributed by atoms with van der Waals surface area (Å²) in [5.41, 5.74) is 0.0694. The number of anilines is 1. The molecule has 13 heavy (non-hydrogen) atoms. The number of hydrogen-bond donors (Lipinski definition) is 1. The van der Waals surface area contributed by atoms with Crippen LogP contribution in [0.25, 0.3) is 0 Å². The average molecular weight is 197 g/mol. The third-order valence-electron chi connectivity index (χ3n) is 2.00. The molecule has 0 amide bonds. The van der Waals surface area contributed by atoms with Gasteiger partial charge in [-0.3, -0.25) is 0 Å². The first kappa shape index (κ1) is 8.94. The van der Waals surface area contributed by atoms with Crippen molar-refractivity contribution in [3.8, 4) is 0 Å². The molecule has 3 nitrogen and oxygen atoms in total. The molecule has 0 radical (unpaired) electrons. The Morgan fingerprint density at radius 3 is 2.54 bits per heavy atom. The largest absolute Gasteiger partial charge is 0.358 e. The van der Waals surface area contributed by atoms with E-state index in [1.807, 2.05) is 0 Å². The molecular weight excluding hydrogens is 182 g/mol. The van der Waals surface area contributed by atoms with Crippen LogP contribution in [0.4, 0.5) is 5.13 Å². The van der Waals surface area contributed by atoms with E-state index in [9.17, 15) is 0 Å². The van der Waals surface area contributed by atoms with Gasteiger partial charge in [-0.05, 0) is 12.8 Å². The highest BCUT2D eigenvalue weighted by molar-refractivity contribution is 7.09. The average Bonchev–Trinajstić information content (AvgIpc) is 2.63. The molecule has 1 aliphatic rings. The lowest BCUT2D eigenvalue weighted by molar-refractivity contribution is 0.555. The second-order valence-electron chi connectivity index (χ2n) is 4.59. The third-order valence-corrected chi connectivity index (χ3v) is 2.65. The summed E-state index contributed by atoms with van der Waals surface area (Å²) in [4.78, 5) is 4.46. The smallest absolute Gasteiger partial charge is 0.202 e. The van der Waals surface area contributed by atoms with Crippen LogP contribution in [0.5, 0.6) is 0 Å². The summed E-state index contributed by atoms with van der Waals surface area (Å²) in [5.74, 6) is 0.945. The van der Waals surface area contributed by atoms with E-state index >= 15 is 0 Å². The highest BCUT2D eigenvalue weighted by atomic mass is 32.1. The van der Waals surface area contributed by atoms with Gasteiger partial charge in [0.15, 0.2) is 0 Å². The molecule has 2 rings (SSSR count). The predicted octanol–water partition coefficient (Wildman–Crippen LogP) is 2.41. The Morgan fingerprint density at radius 2 is 2.08 bits per heavy atom. The Balaban J connectivity index is 2.08. The maximum Gasteiger partial charge on any atom is 0.202 e. The first-order valence-electron chi connectivity index (χ1n) is 4.66.